The summed E-state index contributed by atoms with van der Waals surface area (Å²) < 4.78 is 82.9. The van der Waals surface area contributed by atoms with E-state index in [1.54, 1.807) is 6.07 Å². The Kier molecular flexibility index (Phi) is 4.81. The van der Waals surface area contributed by atoms with Crippen LogP contribution in [0.2, 0.25) is 0 Å². The number of hydrogen-bond donors (Lipinski definition) is 0. The highest BCUT2D eigenvalue weighted by molar-refractivity contribution is 5.87. The molecule has 0 fully saturated rings. The molecule has 0 unspecified atom stereocenters. The summed E-state index contributed by atoms with van der Waals surface area (Å²) in [5, 5.41) is 0. The quantitative estimate of drug-likeness (QED) is 0.222. The molecule has 32 heavy (non-hydrogen) atoms. The highest BCUT2D eigenvalue weighted by atomic mass is 19.2. The number of aryl methyl sites for hydroxylation is 1. The second-order valence-electron chi connectivity index (χ2n) is 7.71. The molecule has 0 nitrogen and oxygen atoms in total. The van der Waals surface area contributed by atoms with Crippen LogP contribution in [0.1, 0.15) is 11.1 Å². The second-order valence-corrected chi connectivity index (χ2v) is 7.71. The molecule has 0 heterocycles. The van der Waals surface area contributed by atoms with Crippen molar-refractivity contribution in [2.75, 3.05) is 0 Å². The first-order valence-electron chi connectivity index (χ1n) is 9.88. The lowest BCUT2D eigenvalue weighted by molar-refractivity contribution is 0.447. The minimum Gasteiger partial charge on any atom is -0.204 e. The molecule has 0 N–H and O–H groups in total. The van der Waals surface area contributed by atoms with Crippen molar-refractivity contribution in [3.05, 3.63) is 107 Å². The van der Waals surface area contributed by atoms with Crippen LogP contribution in [-0.2, 0) is 12.8 Å². The zero-order valence-corrected chi connectivity index (χ0v) is 16.5. The van der Waals surface area contributed by atoms with Crippen LogP contribution in [0.15, 0.2) is 60.7 Å². The fourth-order valence-electron chi connectivity index (χ4n) is 4.30. The molecule has 0 saturated heterocycles. The molecule has 4 aromatic carbocycles. The molecular weight excluding hydrogens is 426 g/mol. The Labute approximate surface area is 179 Å². The first-order valence-corrected chi connectivity index (χ1v) is 9.88. The van der Waals surface area contributed by atoms with E-state index >= 15 is 0 Å². The standard InChI is InChI=1S/C26H14F6/c27-21-9-15(10-22(28)25(21)31)14-7-19(16-11-23(29)26(32)24(30)12-16)18-6-5-13-3-1-2-4-17(13)20(18)8-14/h1-4,7-12H,5-6H2. The van der Waals surface area contributed by atoms with Crippen LogP contribution in [-0.4, -0.2) is 0 Å². The third-order valence-electron chi connectivity index (χ3n) is 5.81. The van der Waals surface area contributed by atoms with E-state index in [-0.39, 0.29) is 11.1 Å². The molecule has 6 heteroatoms. The van der Waals surface area contributed by atoms with Gasteiger partial charge in [-0.25, -0.2) is 26.3 Å². The van der Waals surface area contributed by atoms with Gasteiger partial charge in [0.1, 0.15) is 0 Å². The summed E-state index contributed by atoms with van der Waals surface area (Å²) in [5.74, 6) is -8.53. The summed E-state index contributed by atoms with van der Waals surface area (Å²) in [4.78, 5) is 0. The SMILES string of the molecule is Fc1cc(-c2cc(-c3cc(F)c(F)c(F)c3)c3c(c2)-c2ccccc2CC3)cc(F)c1F. The molecule has 0 spiro atoms. The Hall–Kier alpha value is -3.54. The Morgan fingerprint density at radius 2 is 0.969 bits per heavy atom. The fraction of sp³-hybridized carbons (Fsp3) is 0.0769. The van der Waals surface area contributed by atoms with Crippen LogP contribution < -0.4 is 0 Å². The van der Waals surface area contributed by atoms with Crippen molar-refractivity contribution in [3.8, 4) is 33.4 Å². The molecule has 1 aliphatic carbocycles. The van der Waals surface area contributed by atoms with E-state index in [1.807, 2.05) is 24.3 Å². The normalized spacial score (nSPS) is 12.4. The van der Waals surface area contributed by atoms with Gasteiger partial charge in [-0.3, -0.25) is 0 Å². The van der Waals surface area contributed by atoms with Crippen molar-refractivity contribution in [2.24, 2.45) is 0 Å². The van der Waals surface area contributed by atoms with Crippen molar-refractivity contribution in [1.82, 2.24) is 0 Å². The minimum absolute atomic E-state index is 0.0663. The van der Waals surface area contributed by atoms with Gasteiger partial charge in [-0.05, 0) is 93.7 Å². The molecule has 0 atom stereocenters. The van der Waals surface area contributed by atoms with Crippen molar-refractivity contribution < 1.29 is 26.3 Å². The molecule has 5 rings (SSSR count). The molecule has 0 bridgehead atoms. The third-order valence-corrected chi connectivity index (χ3v) is 5.81. The van der Waals surface area contributed by atoms with E-state index in [9.17, 15) is 26.3 Å². The summed E-state index contributed by atoms with van der Waals surface area (Å²) in [6.45, 7) is 0. The van der Waals surface area contributed by atoms with Gasteiger partial charge in [0.2, 0.25) is 0 Å². The lowest BCUT2D eigenvalue weighted by Gasteiger charge is -2.24. The second kappa shape index (κ2) is 7.55. The highest BCUT2D eigenvalue weighted by Crippen LogP contribution is 2.42. The largest absolute Gasteiger partial charge is 0.204 e. The van der Waals surface area contributed by atoms with Crippen LogP contribution in [0.4, 0.5) is 26.3 Å². The summed E-state index contributed by atoms with van der Waals surface area (Å²) >= 11 is 0. The summed E-state index contributed by atoms with van der Waals surface area (Å²) in [5.41, 5.74) is 4.35. The van der Waals surface area contributed by atoms with Crippen LogP contribution in [0.3, 0.4) is 0 Å². The zero-order chi connectivity index (χ0) is 22.6. The molecule has 0 amide bonds. The Morgan fingerprint density at radius 3 is 1.59 bits per heavy atom. The maximum atomic E-state index is 14.0. The van der Waals surface area contributed by atoms with Gasteiger partial charge in [-0.15, -0.1) is 0 Å². The third kappa shape index (κ3) is 3.27. The number of hydrogen-bond acceptors (Lipinski definition) is 0. The lowest BCUT2D eigenvalue weighted by atomic mass is 9.80. The molecule has 0 saturated carbocycles. The Balaban J connectivity index is 1.82. The van der Waals surface area contributed by atoms with Crippen LogP contribution in [0.25, 0.3) is 33.4 Å². The molecule has 0 aliphatic heterocycles. The first-order chi connectivity index (χ1) is 15.3. The Bertz CT molecular complexity index is 1340. The van der Waals surface area contributed by atoms with Gasteiger partial charge < -0.3 is 0 Å². The lowest BCUT2D eigenvalue weighted by Crippen LogP contribution is -2.07. The van der Waals surface area contributed by atoms with Gasteiger partial charge in [0.05, 0.1) is 0 Å². The molecule has 160 valence electrons. The van der Waals surface area contributed by atoms with Gasteiger partial charge in [0.25, 0.3) is 0 Å². The number of benzene rings is 4. The van der Waals surface area contributed by atoms with Gasteiger partial charge in [-0.2, -0.15) is 0 Å². The molecule has 1 aliphatic rings. The van der Waals surface area contributed by atoms with E-state index in [1.165, 1.54) is 6.07 Å². The average Bonchev–Trinajstić information content (AvgIpc) is 2.79. The van der Waals surface area contributed by atoms with Gasteiger partial charge in [0.15, 0.2) is 34.9 Å². The molecule has 0 aromatic heterocycles. The smallest absolute Gasteiger partial charge is 0.194 e. The van der Waals surface area contributed by atoms with Crippen LogP contribution >= 0.6 is 0 Å². The summed E-state index contributed by atoms with van der Waals surface area (Å²) in [6.07, 6.45) is 1.23. The van der Waals surface area contributed by atoms with Crippen molar-refractivity contribution >= 4 is 0 Å². The van der Waals surface area contributed by atoms with E-state index in [2.05, 4.69) is 0 Å². The number of halogens is 6. The number of fused-ring (bicyclic) bond motifs is 3. The predicted molar refractivity (Wildman–Crippen MR) is 110 cm³/mol. The van der Waals surface area contributed by atoms with E-state index in [4.69, 9.17) is 0 Å². The number of rotatable bonds is 2. The monoisotopic (exact) mass is 440 g/mol. The van der Waals surface area contributed by atoms with E-state index < -0.39 is 34.9 Å². The highest BCUT2D eigenvalue weighted by Gasteiger charge is 2.23. The zero-order valence-electron chi connectivity index (χ0n) is 16.5. The maximum Gasteiger partial charge on any atom is 0.194 e. The first kappa shape index (κ1) is 20.4. The van der Waals surface area contributed by atoms with Gasteiger partial charge in [0, 0.05) is 0 Å². The summed E-state index contributed by atoms with van der Waals surface area (Å²) in [7, 11) is 0. The molecular formula is C26H14F6. The van der Waals surface area contributed by atoms with Crippen molar-refractivity contribution in [3.63, 3.8) is 0 Å². The van der Waals surface area contributed by atoms with Crippen LogP contribution in [0.5, 0.6) is 0 Å². The Morgan fingerprint density at radius 1 is 0.469 bits per heavy atom. The van der Waals surface area contributed by atoms with Crippen molar-refractivity contribution in [2.45, 2.75) is 12.8 Å². The van der Waals surface area contributed by atoms with Crippen LogP contribution in [0, 0.1) is 34.9 Å². The maximum absolute atomic E-state index is 14.0. The van der Waals surface area contributed by atoms with Crippen molar-refractivity contribution in [1.29, 1.82) is 0 Å². The van der Waals surface area contributed by atoms with E-state index in [0.717, 1.165) is 46.5 Å². The predicted octanol–water partition coefficient (Wildman–Crippen LogP) is 7.62. The summed E-state index contributed by atoms with van der Waals surface area (Å²) in [6, 6.07) is 14.4. The molecule has 4 aromatic rings. The fourth-order valence-corrected chi connectivity index (χ4v) is 4.30. The van der Waals surface area contributed by atoms with E-state index in [0.29, 0.717) is 24.0 Å². The average molecular weight is 440 g/mol. The van der Waals surface area contributed by atoms with Gasteiger partial charge >= 0.3 is 0 Å². The minimum atomic E-state index is -1.58. The topological polar surface area (TPSA) is 0 Å². The molecule has 0 radical (unpaired) electrons. The van der Waals surface area contributed by atoms with Gasteiger partial charge in [-0.1, -0.05) is 24.3 Å².